The van der Waals surface area contributed by atoms with Crippen molar-refractivity contribution in [3.63, 3.8) is 0 Å². The van der Waals surface area contributed by atoms with Gasteiger partial charge < -0.3 is 19.7 Å². The van der Waals surface area contributed by atoms with E-state index in [-0.39, 0.29) is 12.4 Å². The molecule has 0 amide bonds. The van der Waals surface area contributed by atoms with Gasteiger partial charge in [0.25, 0.3) is 0 Å². The molecule has 0 bridgehead atoms. The van der Waals surface area contributed by atoms with Crippen molar-refractivity contribution in [2.75, 3.05) is 13.7 Å². The fraction of sp³-hybridized carbons (Fsp3) is 0.143. The molecule has 106 valence electrons. The maximum atomic E-state index is 11.0. The second kappa shape index (κ2) is 7.63. The molecule has 6 nitrogen and oxygen atoms in total. The van der Waals surface area contributed by atoms with Crippen LogP contribution < -0.4 is 4.74 Å². The Morgan fingerprint density at radius 1 is 1.30 bits per heavy atom. The van der Waals surface area contributed by atoms with Crippen LogP contribution in [0.15, 0.2) is 36.4 Å². The number of carboxylic acid groups (broad SMARTS) is 1. The summed E-state index contributed by atoms with van der Waals surface area (Å²) in [7, 11) is 1.44. The van der Waals surface area contributed by atoms with Crippen LogP contribution in [0.4, 0.5) is 0 Å². The van der Waals surface area contributed by atoms with Crippen LogP contribution in [0.5, 0.6) is 11.5 Å². The Hall–Kier alpha value is -2.76. The monoisotopic (exact) mass is 278 g/mol. The van der Waals surface area contributed by atoms with E-state index in [9.17, 15) is 14.7 Å². The molecule has 0 radical (unpaired) electrons. The van der Waals surface area contributed by atoms with Crippen molar-refractivity contribution in [2.45, 2.75) is 0 Å². The standard InChI is InChI=1S/C14H14O6/c1-19-12-9-10(4-5-11(12)15)3-2-8-20-14(18)7-6-13(16)17/h2-7,9,15H,8H2,1H3,(H,16,17)/b3-2+,7-6+. The van der Waals surface area contributed by atoms with E-state index in [0.717, 1.165) is 11.6 Å². The molecule has 1 aromatic carbocycles. The Labute approximate surface area is 115 Å². The lowest BCUT2D eigenvalue weighted by Crippen LogP contribution is -2.01. The molecular weight excluding hydrogens is 264 g/mol. The number of carbonyl (C=O) groups is 2. The first-order chi connectivity index (χ1) is 9.52. The quantitative estimate of drug-likeness (QED) is 0.606. The van der Waals surface area contributed by atoms with Gasteiger partial charge in [0.2, 0.25) is 0 Å². The van der Waals surface area contributed by atoms with Gasteiger partial charge in [-0.1, -0.05) is 12.1 Å². The van der Waals surface area contributed by atoms with E-state index in [1.807, 2.05) is 0 Å². The predicted octanol–water partition coefficient (Wildman–Crippen LogP) is 1.60. The summed E-state index contributed by atoms with van der Waals surface area (Å²) in [4.78, 5) is 21.2. The van der Waals surface area contributed by atoms with Gasteiger partial charge >= 0.3 is 11.9 Å². The Morgan fingerprint density at radius 2 is 2.05 bits per heavy atom. The van der Waals surface area contributed by atoms with Crippen LogP contribution in [0.2, 0.25) is 0 Å². The molecule has 1 rings (SSSR count). The highest BCUT2D eigenvalue weighted by molar-refractivity contribution is 5.90. The zero-order valence-electron chi connectivity index (χ0n) is 10.8. The van der Waals surface area contributed by atoms with Crippen LogP contribution in [0.1, 0.15) is 5.56 Å². The van der Waals surface area contributed by atoms with E-state index < -0.39 is 11.9 Å². The van der Waals surface area contributed by atoms with E-state index in [1.165, 1.54) is 13.2 Å². The average Bonchev–Trinajstić information content (AvgIpc) is 2.43. The molecule has 0 aromatic heterocycles. The molecule has 0 atom stereocenters. The lowest BCUT2D eigenvalue weighted by atomic mass is 10.2. The van der Waals surface area contributed by atoms with Crippen LogP contribution in [-0.2, 0) is 14.3 Å². The van der Waals surface area contributed by atoms with Gasteiger partial charge in [-0.3, -0.25) is 0 Å². The molecule has 20 heavy (non-hydrogen) atoms. The van der Waals surface area contributed by atoms with E-state index >= 15 is 0 Å². The number of phenolic OH excluding ortho intramolecular Hbond substituents is 1. The molecule has 0 saturated carbocycles. The highest BCUT2D eigenvalue weighted by Gasteiger charge is 2.00. The highest BCUT2D eigenvalue weighted by Crippen LogP contribution is 2.26. The summed E-state index contributed by atoms with van der Waals surface area (Å²) < 4.78 is 9.69. The molecule has 0 fully saturated rings. The van der Waals surface area contributed by atoms with E-state index in [4.69, 9.17) is 14.6 Å². The molecule has 0 aliphatic rings. The van der Waals surface area contributed by atoms with Gasteiger partial charge in [-0.15, -0.1) is 0 Å². The van der Waals surface area contributed by atoms with Crippen LogP contribution in [0, 0.1) is 0 Å². The SMILES string of the molecule is COc1cc(/C=C/COC(=O)/C=C/C(=O)O)ccc1O. The third kappa shape index (κ3) is 5.26. The molecule has 6 heteroatoms. The molecule has 0 saturated heterocycles. The molecule has 2 N–H and O–H groups in total. The van der Waals surface area contributed by atoms with Gasteiger partial charge in [0, 0.05) is 12.2 Å². The maximum absolute atomic E-state index is 11.0. The Balaban J connectivity index is 2.49. The summed E-state index contributed by atoms with van der Waals surface area (Å²) in [5, 5.41) is 17.7. The summed E-state index contributed by atoms with van der Waals surface area (Å²) in [5.41, 5.74) is 0.761. The molecule has 0 unspecified atom stereocenters. The summed E-state index contributed by atoms with van der Waals surface area (Å²) >= 11 is 0. The number of carbonyl (C=O) groups excluding carboxylic acids is 1. The number of hydrogen-bond acceptors (Lipinski definition) is 5. The number of carboxylic acids is 1. The maximum Gasteiger partial charge on any atom is 0.331 e. The topological polar surface area (TPSA) is 93.1 Å². The van der Waals surface area contributed by atoms with Gasteiger partial charge in [0.05, 0.1) is 7.11 Å². The number of ether oxygens (including phenoxy) is 2. The first-order valence-corrected chi connectivity index (χ1v) is 5.64. The smallest absolute Gasteiger partial charge is 0.331 e. The fourth-order valence-electron chi connectivity index (χ4n) is 1.30. The third-order valence-corrected chi connectivity index (χ3v) is 2.20. The molecule has 0 aliphatic heterocycles. The Bertz CT molecular complexity index is 545. The van der Waals surface area contributed by atoms with Gasteiger partial charge in [-0.25, -0.2) is 9.59 Å². The molecule has 0 aliphatic carbocycles. The fourth-order valence-corrected chi connectivity index (χ4v) is 1.30. The second-order valence-corrected chi connectivity index (χ2v) is 3.64. The molecule has 0 heterocycles. The lowest BCUT2D eigenvalue weighted by molar-refractivity contribution is -0.137. The van der Waals surface area contributed by atoms with Crippen molar-refractivity contribution in [1.82, 2.24) is 0 Å². The lowest BCUT2D eigenvalue weighted by Gasteiger charge is -2.03. The van der Waals surface area contributed by atoms with E-state index in [0.29, 0.717) is 11.8 Å². The van der Waals surface area contributed by atoms with Crippen molar-refractivity contribution in [1.29, 1.82) is 0 Å². The summed E-state index contributed by atoms with van der Waals surface area (Å²) in [6, 6.07) is 4.78. The molecular formula is C14H14O6. The normalized spacial score (nSPS) is 10.8. The number of aromatic hydroxyl groups is 1. The van der Waals surface area contributed by atoms with Crippen LogP contribution in [0.25, 0.3) is 6.08 Å². The average molecular weight is 278 g/mol. The first-order valence-electron chi connectivity index (χ1n) is 5.64. The van der Waals surface area contributed by atoms with Crippen molar-refractivity contribution in [3.8, 4) is 11.5 Å². The van der Waals surface area contributed by atoms with Gasteiger partial charge in [-0.05, 0) is 23.8 Å². The van der Waals surface area contributed by atoms with E-state index in [1.54, 1.807) is 24.3 Å². The molecule has 0 spiro atoms. The van der Waals surface area contributed by atoms with Gasteiger partial charge in [-0.2, -0.15) is 0 Å². The number of esters is 1. The Morgan fingerprint density at radius 3 is 2.70 bits per heavy atom. The zero-order valence-corrected chi connectivity index (χ0v) is 10.8. The number of benzene rings is 1. The highest BCUT2D eigenvalue weighted by atomic mass is 16.5. The van der Waals surface area contributed by atoms with Crippen molar-refractivity contribution in [2.24, 2.45) is 0 Å². The number of aliphatic carboxylic acids is 1. The summed E-state index contributed by atoms with van der Waals surface area (Å²) in [6.45, 7) is 0.00594. The third-order valence-electron chi connectivity index (χ3n) is 2.20. The van der Waals surface area contributed by atoms with Crippen molar-refractivity contribution >= 4 is 18.0 Å². The predicted molar refractivity (Wildman–Crippen MR) is 71.4 cm³/mol. The largest absolute Gasteiger partial charge is 0.504 e. The minimum absolute atomic E-state index is 0.00594. The first kappa shape index (κ1) is 15.3. The number of phenols is 1. The van der Waals surface area contributed by atoms with E-state index in [2.05, 4.69) is 0 Å². The number of rotatable bonds is 6. The van der Waals surface area contributed by atoms with Crippen LogP contribution >= 0.6 is 0 Å². The number of hydrogen-bond donors (Lipinski definition) is 2. The minimum atomic E-state index is -1.21. The van der Waals surface area contributed by atoms with Crippen molar-refractivity contribution in [3.05, 3.63) is 42.0 Å². The summed E-state index contributed by atoms with van der Waals surface area (Å²) in [6.07, 6.45) is 4.80. The van der Waals surface area contributed by atoms with Crippen LogP contribution in [0.3, 0.4) is 0 Å². The molecule has 1 aromatic rings. The van der Waals surface area contributed by atoms with Gasteiger partial charge in [0.1, 0.15) is 6.61 Å². The minimum Gasteiger partial charge on any atom is -0.504 e. The second-order valence-electron chi connectivity index (χ2n) is 3.64. The number of methoxy groups -OCH3 is 1. The Kier molecular flexibility index (Phi) is 5.83. The summed E-state index contributed by atoms with van der Waals surface area (Å²) in [5.74, 6) is -1.57. The van der Waals surface area contributed by atoms with Crippen molar-refractivity contribution < 1.29 is 29.3 Å². The van der Waals surface area contributed by atoms with Gasteiger partial charge in [0.15, 0.2) is 11.5 Å². The zero-order chi connectivity index (χ0) is 15.0. The van der Waals surface area contributed by atoms with Crippen LogP contribution in [-0.4, -0.2) is 35.9 Å².